The van der Waals surface area contributed by atoms with Crippen LogP contribution in [0.5, 0.6) is 0 Å². The number of fused-ring (bicyclic) bond motifs is 1. The van der Waals surface area contributed by atoms with Gasteiger partial charge in [-0.3, -0.25) is 29.2 Å². The van der Waals surface area contributed by atoms with Gasteiger partial charge in [-0.1, -0.05) is 48.5 Å². The van der Waals surface area contributed by atoms with Crippen LogP contribution in [0.3, 0.4) is 0 Å². The molecule has 0 aliphatic rings. The Morgan fingerprint density at radius 1 is 0.970 bits per heavy atom. The lowest BCUT2D eigenvalue weighted by Crippen LogP contribution is -2.42. The molecule has 0 spiro atoms. The standard InChI is InChI=1S/C24H26N6O3/c1-27-22-21(23(32)28(2)24(27)33)29(17-25-22)15-9-14-20(31)26-30(19-12-7-4-8-13-19)16-18-10-5-3-6-11-18/h3-8,10-13,17H,9,14-16H2,1-2H3,(H,26,31). The number of hydrazine groups is 1. The highest BCUT2D eigenvalue weighted by atomic mass is 16.2. The van der Waals surface area contributed by atoms with Crippen LogP contribution in [0.15, 0.2) is 76.6 Å². The Hall–Kier alpha value is -4.14. The van der Waals surface area contributed by atoms with E-state index in [1.807, 2.05) is 65.7 Å². The van der Waals surface area contributed by atoms with E-state index in [-0.39, 0.29) is 12.3 Å². The number of nitrogens with zero attached hydrogens (tertiary/aromatic N) is 5. The zero-order chi connectivity index (χ0) is 23.4. The number of rotatable bonds is 8. The number of imidazole rings is 1. The fraction of sp³-hybridized carbons (Fsp3) is 0.250. The molecule has 0 saturated carbocycles. The molecule has 9 heteroatoms. The van der Waals surface area contributed by atoms with E-state index in [1.165, 1.54) is 17.9 Å². The van der Waals surface area contributed by atoms with Gasteiger partial charge in [0.1, 0.15) is 0 Å². The molecule has 0 fully saturated rings. The Morgan fingerprint density at radius 2 is 1.64 bits per heavy atom. The Kier molecular flexibility index (Phi) is 6.39. The first-order valence-electron chi connectivity index (χ1n) is 10.7. The van der Waals surface area contributed by atoms with Crippen LogP contribution in [0.1, 0.15) is 18.4 Å². The van der Waals surface area contributed by atoms with Gasteiger partial charge in [-0.2, -0.15) is 0 Å². The molecule has 0 atom stereocenters. The SMILES string of the molecule is Cn1c(=O)c2c(ncn2CCCC(=O)NN(Cc2ccccc2)c2ccccc2)n(C)c1=O. The van der Waals surface area contributed by atoms with Crippen LogP contribution in [0.4, 0.5) is 5.69 Å². The maximum Gasteiger partial charge on any atom is 0.332 e. The van der Waals surface area contributed by atoms with Gasteiger partial charge in [-0.15, -0.1) is 0 Å². The number of amides is 1. The molecule has 9 nitrogen and oxygen atoms in total. The van der Waals surface area contributed by atoms with Gasteiger partial charge in [-0.25, -0.2) is 9.78 Å². The molecule has 170 valence electrons. The van der Waals surface area contributed by atoms with Crippen molar-refractivity contribution in [2.45, 2.75) is 25.9 Å². The molecular weight excluding hydrogens is 420 g/mol. The largest absolute Gasteiger partial charge is 0.332 e. The molecule has 33 heavy (non-hydrogen) atoms. The molecule has 2 heterocycles. The van der Waals surface area contributed by atoms with Crippen LogP contribution in [0, 0.1) is 0 Å². The van der Waals surface area contributed by atoms with Crippen molar-refractivity contribution in [2.24, 2.45) is 14.1 Å². The Morgan fingerprint density at radius 3 is 2.33 bits per heavy atom. The van der Waals surface area contributed by atoms with Crippen LogP contribution in [0.25, 0.3) is 11.2 Å². The number of nitrogens with one attached hydrogen (secondary N) is 1. The molecule has 0 unspecified atom stereocenters. The van der Waals surface area contributed by atoms with Gasteiger partial charge in [-0.05, 0) is 24.1 Å². The molecule has 0 aliphatic carbocycles. The second-order valence-corrected chi connectivity index (χ2v) is 7.86. The van der Waals surface area contributed by atoms with E-state index in [0.29, 0.717) is 30.7 Å². The third-order valence-electron chi connectivity index (χ3n) is 5.53. The molecule has 0 aliphatic heterocycles. The van der Waals surface area contributed by atoms with Gasteiger partial charge in [0.05, 0.1) is 18.6 Å². The zero-order valence-corrected chi connectivity index (χ0v) is 18.6. The number of carbonyl (C=O) groups excluding carboxylic acids is 1. The zero-order valence-electron chi connectivity index (χ0n) is 18.6. The summed E-state index contributed by atoms with van der Waals surface area (Å²) in [6.07, 6.45) is 2.32. The average Bonchev–Trinajstić information content (AvgIpc) is 3.26. The number of para-hydroxylation sites is 1. The summed E-state index contributed by atoms with van der Waals surface area (Å²) in [5.41, 5.74) is 4.84. The van der Waals surface area contributed by atoms with Crippen LogP contribution in [-0.4, -0.2) is 24.6 Å². The van der Waals surface area contributed by atoms with Gasteiger partial charge in [0.15, 0.2) is 11.2 Å². The van der Waals surface area contributed by atoms with E-state index in [9.17, 15) is 14.4 Å². The quantitative estimate of drug-likeness (QED) is 0.418. The molecule has 0 radical (unpaired) electrons. The fourth-order valence-electron chi connectivity index (χ4n) is 3.75. The third-order valence-corrected chi connectivity index (χ3v) is 5.53. The maximum absolute atomic E-state index is 12.7. The first-order valence-corrected chi connectivity index (χ1v) is 10.7. The van der Waals surface area contributed by atoms with Crippen molar-refractivity contribution in [3.63, 3.8) is 0 Å². The highest BCUT2D eigenvalue weighted by molar-refractivity contribution is 5.78. The maximum atomic E-state index is 12.7. The monoisotopic (exact) mass is 446 g/mol. The van der Waals surface area contributed by atoms with Gasteiger partial charge >= 0.3 is 5.69 Å². The summed E-state index contributed by atoms with van der Waals surface area (Å²) in [6.45, 7) is 0.966. The lowest BCUT2D eigenvalue weighted by atomic mass is 10.2. The lowest BCUT2D eigenvalue weighted by molar-refractivity contribution is -0.121. The van der Waals surface area contributed by atoms with Gasteiger partial charge in [0, 0.05) is 27.1 Å². The van der Waals surface area contributed by atoms with E-state index < -0.39 is 11.2 Å². The van der Waals surface area contributed by atoms with Crippen molar-refractivity contribution in [3.05, 3.63) is 93.4 Å². The van der Waals surface area contributed by atoms with Crippen molar-refractivity contribution >= 4 is 22.8 Å². The van der Waals surface area contributed by atoms with E-state index in [1.54, 1.807) is 11.6 Å². The number of hydrogen-bond acceptors (Lipinski definition) is 5. The lowest BCUT2D eigenvalue weighted by Gasteiger charge is -2.25. The summed E-state index contributed by atoms with van der Waals surface area (Å²) in [5.74, 6) is -0.125. The van der Waals surface area contributed by atoms with E-state index >= 15 is 0 Å². The van der Waals surface area contributed by atoms with E-state index in [0.717, 1.165) is 15.8 Å². The van der Waals surface area contributed by atoms with Crippen molar-refractivity contribution in [3.8, 4) is 0 Å². The first kappa shape index (κ1) is 22.1. The molecule has 4 aromatic rings. The molecule has 1 N–H and O–H groups in total. The van der Waals surface area contributed by atoms with Crippen molar-refractivity contribution in [1.29, 1.82) is 0 Å². The van der Waals surface area contributed by atoms with Crippen LogP contribution < -0.4 is 21.7 Å². The number of aryl methyl sites for hydroxylation is 2. The molecule has 0 saturated heterocycles. The normalized spacial score (nSPS) is 11.0. The molecule has 2 aromatic heterocycles. The predicted molar refractivity (Wildman–Crippen MR) is 127 cm³/mol. The topological polar surface area (TPSA) is 94.2 Å². The second-order valence-electron chi connectivity index (χ2n) is 7.86. The minimum Gasteiger partial charge on any atom is -0.325 e. The number of benzene rings is 2. The van der Waals surface area contributed by atoms with Crippen molar-refractivity contribution < 1.29 is 4.79 Å². The average molecular weight is 447 g/mol. The first-order chi connectivity index (χ1) is 16.0. The molecule has 0 bridgehead atoms. The minimum atomic E-state index is -0.420. The van der Waals surface area contributed by atoms with Crippen molar-refractivity contribution in [1.82, 2.24) is 24.1 Å². The van der Waals surface area contributed by atoms with Gasteiger partial charge in [0.2, 0.25) is 5.91 Å². The summed E-state index contributed by atoms with van der Waals surface area (Å²) < 4.78 is 4.11. The summed E-state index contributed by atoms with van der Waals surface area (Å²) in [5, 5.41) is 1.83. The summed E-state index contributed by atoms with van der Waals surface area (Å²) in [4.78, 5) is 41.6. The van der Waals surface area contributed by atoms with Gasteiger partial charge < -0.3 is 4.57 Å². The highest BCUT2D eigenvalue weighted by Gasteiger charge is 2.15. The Labute approximate surface area is 190 Å². The van der Waals surface area contributed by atoms with Crippen molar-refractivity contribution in [2.75, 3.05) is 5.01 Å². The Balaban J connectivity index is 1.44. The van der Waals surface area contributed by atoms with Crippen LogP contribution in [0.2, 0.25) is 0 Å². The predicted octanol–water partition coefficient (Wildman–Crippen LogP) is 1.95. The van der Waals surface area contributed by atoms with Crippen LogP contribution >= 0.6 is 0 Å². The second kappa shape index (κ2) is 9.56. The fourth-order valence-corrected chi connectivity index (χ4v) is 3.75. The number of hydrogen-bond donors (Lipinski definition) is 1. The van der Waals surface area contributed by atoms with E-state index in [2.05, 4.69) is 10.4 Å². The smallest absolute Gasteiger partial charge is 0.325 e. The Bertz CT molecular complexity index is 1370. The van der Waals surface area contributed by atoms with E-state index in [4.69, 9.17) is 0 Å². The summed E-state index contributed by atoms with van der Waals surface area (Å²) >= 11 is 0. The molecule has 2 aromatic carbocycles. The molecule has 1 amide bonds. The van der Waals surface area contributed by atoms with Crippen LogP contribution in [-0.2, 0) is 32.0 Å². The van der Waals surface area contributed by atoms with Gasteiger partial charge in [0.25, 0.3) is 5.56 Å². The number of carbonyl (C=O) groups is 1. The molecular formula is C24H26N6O3. The number of anilines is 1. The third kappa shape index (κ3) is 4.72. The number of aromatic nitrogens is 4. The molecule has 4 rings (SSSR count). The summed E-state index contributed by atoms with van der Waals surface area (Å²) in [7, 11) is 3.03. The highest BCUT2D eigenvalue weighted by Crippen LogP contribution is 2.15. The summed E-state index contributed by atoms with van der Waals surface area (Å²) in [6, 6.07) is 19.6. The minimum absolute atomic E-state index is 0.125.